The quantitative estimate of drug-likeness (QED) is 0.848. The van der Waals surface area contributed by atoms with Gasteiger partial charge in [-0.3, -0.25) is 4.79 Å². The number of amides is 1. The van der Waals surface area contributed by atoms with E-state index in [1.165, 1.54) is 11.0 Å². The molecule has 0 aliphatic heterocycles. The molecule has 2 rings (SSSR count). The largest absolute Gasteiger partial charge is 0.354 e. The summed E-state index contributed by atoms with van der Waals surface area (Å²) in [6, 6.07) is 1.62. The second kappa shape index (κ2) is 5.14. The van der Waals surface area contributed by atoms with Gasteiger partial charge < -0.3 is 5.32 Å². The minimum absolute atomic E-state index is 0.244. The fourth-order valence-electron chi connectivity index (χ4n) is 1.57. The van der Waals surface area contributed by atoms with E-state index >= 15 is 0 Å². The maximum atomic E-state index is 11.4. The number of rotatable bonds is 3. The molecule has 2 aromatic rings. The summed E-state index contributed by atoms with van der Waals surface area (Å²) in [5.74, 6) is 0.347. The molecule has 0 spiro atoms. The van der Waals surface area contributed by atoms with Gasteiger partial charge in [0, 0.05) is 18.8 Å². The van der Waals surface area contributed by atoms with E-state index in [0.29, 0.717) is 23.1 Å². The Morgan fingerprint density at radius 3 is 2.94 bits per heavy atom. The molecule has 0 aliphatic carbocycles. The first-order chi connectivity index (χ1) is 8.67. The van der Waals surface area contributed by atoms with Gasteiger partial charge in [-0.1, -0.05) is 18.5 Å². The maximum absolute atomic E-state index is 11.4. The standard InChI is InChI=1S/C11H12ClN5O/c1-3-7-9(12)14-6-15-10(7)17-5-4-8(16-17)11(18)13-2/h4-6H,3H2,1-2H3,(H,13,18). The average molecular weight is 266 g/mol. The topological polar surface area (TPSA) is 72.7 Å². The molecule has 0 unspecified atom stereocenters. The molecule has 2 heterocycles. The second-order valence-electron chi connectivity index (χ2n) is 3.54. The molecule has 0 fully saturated rings. The molecule has 18 heavy (non-hydrogen) atoms. The van der Waals surface area contributed by atoms with Crippen LogP contribution in [0, 0.1) is 0 Å². The number of aromatic nitrogens is 4. The van der Waals surface area contributed by atoms with E-state index in [-0.39, 0.29) is 5.91 Å². The lowest BCUT2D eigenvalue weighted by molar-refractivity contribution is 0.0957. The van der Waals surface area contributed by atoms with Crippen LogP contribution in [0.1, 0.15) is 23.0 Å². The van der Waals surface area contributed by atoms with E-state index in [9.17, 15) is 4.79 Å². The molecule has 0 bridgehead atoms. The van der Waals surface area contributed by atoms with E-state index < -0.39 is 0 Å². The van der Waals surface area contributed by atoms with Crippen LogP contribution in [0.25, 0.3) is 5.82 Å². The summed E-state index contributed by atoms with van der Waals surface area (Å²) in [6.07, 6.45) is 3.73. The molecule has 0 saturated heterocycles. The van der Waals surface area contributed by atoms with Crippen LogP contribution >= 0.6 is 11.6 Å². The predicted molar refractivity (Wildman–Crippen MR) is 66.9 cm³/mol. The number of carbonyl (C=O) groups is 1. The maximum Gasteiger partial charge on any atom is 0.271 e. The Bertz CT molecular complexity index is 581. The van der Waals surface area contributed by atoms with Crippen LogP contribution in [0.3, 0.4) is 0 Å². The Morgan fingerprint density at radius 1 is 1.50 bits per heavy atom. The zero-order valence-corrected chi connectivity index (χ0v) is 10.8. The number of hydrogen-bond donors (Lipinski definition) is 1. The smallest absolute Gasteiger partial charge is 0.271 e. The lowest BCUT2D eigenvalue weighted by atomic mass is 10.2. The van der Waals surface area contributed by atoms with Crippen molar-refractivity contribution in [3.8, 4) is 5.82 Å². The minimum atomic E-state index is -0.244. The lowest BCUT2D eigenvalue weighted by Crippen LogP contribution is -2.18. The number of nitrogens with one attached hydrogen (secondary N) is 1. The Balaban J connectivity index is 2.46. The fraction of sp³-hybridized carbons (Fsp3) is 0.273. The van der Waals surface area contributed by atoms with Gasteiger partial charge in [0.2, 0.25) is 0 Å². The molecule has 1 N–H and O–H groups in total. The van der Waals surface area contributed by atoms with Gasteiger partial charge in [0.25, 0.3) is 5.91 Å². The SMILES string of the molecule is CCc1c(Cl)ncnc1-n1ccc(C(=O)NC)n1. The zero-order chi connectivity index (χ0) is 13.1. The van der Waals surface area contributed by atoms with Gasteiger partial charge in [0.15, 0.2) is 11.5 Å². The molecule has 6 nitrogen and oxygen atoms in total. The molecular formula is C11H12ClN5O. The number of hydrogen-bond acceptors (Lipinski definition) is 4. The van der Waals surface area contributed by atoms with Crippen LogP contribution in [0.2, 0.25) is 5.15 Å². The van der Waals surface area contributed by atoms with Gasteiger partial charge in [-0.25, -0.2) is 14.6 Å². The van der Waals surface area contributed by atoms with Crippen LogP contribution in [0.5, 0.6) is 0 Å². The molecule has 2 aromatic heterocycles. The Kier molecular flexibility index (Phi) is 3.57. The Hall–Kier alpha value is -1.95. The first kappa shape index (κ1) is 12.5. The van der Waals surface area contributed by atoms with Gasteiger partial charge in [0.05, 0.1) is 0 Å². The summed E-state index contributed by atoms with van der Waals surface area (Å²) in [5, 5.41) is 7.07. The monoisotopic (exact) mass is 265 g/mol. The molecule has 0 aliphatic rings. The highest BCUT2D eigenvalue weighted by Crippen LogP contribution is 2.19. The van der Waals surface area contributed by atoms with Crippen molar-refractivity contribution in [2.24, 2.45) is 0 Å². The number of carbonyl (C=O) groups excluding carboxylic acids is 1. The Morgan fingerprint density at radius 2 is 2.28 bits per heavy atom. The van der Waals surface area contributed by atoms with Crippen molar-refractivity contribution < 1.29 is 4.79 Å². The van der Waals surface area contributed by atoms with E-state index in [4.69, 9.17) is 11.6 Å². The third-order valence-electron chi connectivity index (χ3n) is 2.49. The summed E-state index contributed by atoms with van der Waals surface area (Å²) < 4.78 is 1.52. The minimum Gasteiger partial charge on any atom is -0.354 e. The molecule has 94 valence electrons. The van der Waals surface area contributed by atoms with E-state index in [1.54, 1.807) is 19.3 Å². The van der Waals surface area contributed by atoms with Gasteiger partial charge in [0.1, 0.15) is 11.5 Å². The van der Waals surface area contributed by atoms with Crippen LogP contribution in [-0.4, -0.2) is 32.7 Å². The third kappa shape index (κ3) is 2.19. The predicted octanol–water partition coefficient (Wildman–Crippen LogP) is 1.24. The van der Waals surface area contributed by atoms with Crippen LogP contribution in [0.15, 0.2) is 18.6 Å². The van der Waals surface area contributed by atoms with Gasteiger partial charge in [-0.05, 0) is 12.5 Å². The van der Waals surface area contributed by atoms with E-state index in [2.05, 4.69) is 20.4 Å². The van der Waals surface area contributed by atoms with Gasteiger partial charge >= 0.3 is 0 Å². The third-order valence-corrected chi connectivity index (χ3v) is 2.82. The summed E-state index contributed by atoms with van der Waals surface area (Å²) in [6.45, 7) is 1.96. The fourth-order valence-corrected chi connectivity index (χ4v) is 1.84. The highest BCUT2D eigenvalue weighted by Gasteiger charge is 2.13. The molecule has 0 aromatic carbocycles. The van der Waals surface area contributed by atoms with Crippen molar-refractivity contribution in [3.05, 3.63) is 35.0 Å². The summed E-state index contributed by atoms with van der Waals surface area (Å²) >= 11 is 6.00. The highest BCUT2D eigenvalue weighted by molar-refractivity contribution is 6.30. The lowest BCUT2D eigenvalue weighted by Gasteiger charge is -2.07. The van der Waals surface area contributed by atoms with Crippen molar-refractivity contribution >= 4 is 17.5 Å². The van der Waals surface area contributed by atoms with Gasteiger partial charge in [-0.2, -0.15) is 5.10 Å². The Labute approximate surface area is 109 Å². The summed E-state index contributed by atoms with van der Waals surface area (Å²) in [5.41, 5.74) is 1.13. The van der Waals surface area contributed by atoms with Crippen molar-refractivity contribution in [1.29, 1.82) is 0 Å². The molecule has 7 heteroatoms. The van der Waals surface area contributed by atoms with Gasteiger partial charge in [-0.15, -0.1) is 0 Å². The number of halogens is 1. The zero-order valence-electron chi connectivity index (χ0n) is 10.0. The van der Waals surface area contributed by atoms with Crippen molar-refractivity contribution in [1.82, 2.24) is 25.1 Å². The highest BCUT2D eigenvalue weighted by atomic mass is 35.5. The van der Waals surface area contributed by atoms with Crippen molar-refractivity contribution in [2.75, 3.05) is 7.05 Å². The average Bonchev–Trinajstić information content (AvgIpc) is 2.87. The van der Waals surface area contributed by atoms with Crippen molar-refractivity contribution in [3.63, 3.8) is 0 Å². The van der Waals surface area contributed by atoms with Crippen LogP contribution in [0.4, 0.5) is 0 Å². The first-order valence-corrected chi connectivity index (χ1v) is 5.82. The second-order valence-corrected chi connectivity index (χ2v) is 3.90. The molecule has 0 atom stereocenters. The van der Waals surface area contributed by atoms with E-state index in [1.807, 2.05) is 6.92 Å². The van der Waals surface area contributed by atoms with Crippen molar-refractivity contribution in [2.45, 2.75) is 13.3 Å². The van der Waals surface area contributed by atoms with Crippen LogP contribution < -0.4 is 5.32 Å². The first-order valence-electron chi connectivity index (χ1n) is 5.44. The molecule has 0 radical (unpaired) electrons. The van der Waals surface area contributed by atoms with Crippen LogP contribution in [-0.2, 0) is 6.42 Å². The molecular weight excluding hydrogens is 254 g/mol. The number of nitrogens with zero attached hydrogens (tertiary/aromatic N) is 4. The summed E-state index contributed by atoms with van der Waals surface area (Å²) in [7, 11) is 1.56. The summed E-state index contributed by atoms with van der Waals surface area (Å²) in [4.78, 5) is 19.5. The molecule has 0 saturated carbocycles. The van der Waals surface area contributed by atoms with E-state index in [0.717, 1.165) is 5.56 Å². The molecule has 1 amide bonds. The normalized spacial score (nSPS) is 10.4.